The fourth-order valence-corrected chi connectivity index (χ4v) is 1.32. The van der Waals surface area contributed by atoms with Gasteiger partial charge in [-0.05, 0) is 24.6 Å². The highest BCUT2D eigenvalue weighted by Gasteiger charge is 2.11. The van der Waals surface area contributed by atoms with E-state index in [4.69, 9.17) is 27.4 Å². The van der Waals surface area contributed by atoms with Gasteiger partial charge in [-0.3, -0.25) is 0 Å². The highest BCUT2D eigenvalue weighted by Crippen LogP contribution is 2.25. The third-order valence-electron chi connectivity index (χ3n) is 2.09. The molecular weight excluding hydrogens is 255 g/mol. The lowest BCUT2D eigenvalue weighted by Crippen LogP contribution is -2.03. The van der Waals surface area contributed by atoms with Crippen LogP contribution in [0.25, 0.3) is 0 Å². The van der Waals surface area contributed by atoms with E-state index in [-0.39, 0.29) is 11.4 Å². The lowest BCUT2D eigenvalue weighted by molar-refractivity contribution is 0.630. The Kier molecular flexibility index (Phi) is 4.27. The van der Waals surface area contributed by atoms with Gasteiger partial charge in [0.15, 0.2) is 5.57 Å². The first-order valence-corrected chi connectivity index (χ1v) is 5.08. The van der Waals surface area contributed by atoms with Gasteiger partial charge in [0.05, 0.1) is 5.69 Å². The molecule has 0 aliphatic heterocycles. The molecule has 0 aromatic heterocycles. The molecule has 4 nitrogen and oxygen atoms in total. The number of benzene rings is 1. The summed E-state index contributed by atoms with van der Waals surface area (Å²) in [4.78, 5) is 0. The largest absolute Gasteiger partial charge is 0.343 e. The summed E-state index contributed by atoms with van der Waals surface area (Å²) < 4.78 is 13.6. The molecule has 0 fully saturated rings. The Balaban J connectivity index is 3.26. The third-order valence-corrected chi connectivity index (χ3v) is 2.50. The number of nitriles is 3. The van der Waals surface area contributed by atoms with E-state index in [1.807, 2.05) is 0 Å². The number of hydrogen-bond acceptors (Lipinski definition) is 4. The Morgan fingerprint density at radius 2 is 1.83 bits per heavy atom. The highest BCUT2D eigenvalue weighted by molar-refractivity contribution is 6.31. The second-order valence-electron chi connectivity index (χ2n) is 3.29. The van der Waals surface area contributed by atoms with Crippen LogP contribution in [0.1, 0.15) is 5.56 Å². The number of allylic oxidation sites excluding steroid dienone is 2. The molecule has 0 saturated heterocycles. The fraction of sp³-hybridized carbons (Fsp3) is 0.0833. The molecule has 1 N–H and O–H groups in total. The maximum absolute atomic E-state index is 13.6. The zero-order chi connectivity index (χ0) is 13.7. The van der Waals surface area contributed by atoms with E-state index in [2.05, 4.69) is 5.32 Å². The molecule has 1 rings (SSSR count). The lowest BCUT2D eigenvalue weighted by atomic mass is 10.2. The van der Waals surface area contributed by atoms with Crippen molar-refractivity contribution in [2.24, 2.45) is 0 Å². The molecule has 0 bridgehead atoms. The summed E-state index contributed by atoms with van der Waals surface area (Å²) in [6.07, 6.45) is 0. The molecule has 1 aromatic carbocycles. The van der Waals surface area contributed by atoms with E-state index in [1.165, 1.54) is 12.1 Å². The summed E-state index contributed by atoms with van der Waals surface area (Å²) in [5, 5.41) is 28.8. The minimum atomic E-state index is -0.625. The second kappa shape index (κ2) is 5.68. The molecule has 0 spiro atoms. The fourth-order valence-electron chi connectivity index (χ4n) is 1.16. The molecule has 0 saturated carbocycles. The van der Waals surface area contributed by atoms with Crippen LogP contribution in [0.15, 0.2) is 23.4 Å². The van der Waals surface area contributed by atoms with Crippen LogP contribution in [0.2, 0.25) is 5.02 Å². The summed E-state index contributed by atoms with van der Waals surface area (Å²) in [6.45, 7) is 1.63. The predicted molar refractivity (Wildman–Crippen MR) is 63.6 cm³/mol. The van der Waals surface area contributed by atoms with E-state index < -0.39 is 11.4 Å². The Morgan fingerprint density at radius 1 is 1.22 bits per heavy atom. The maximum atomic E-state index is 13.6. The Bertz CT molecular complexity index is 628. The number of hydrogen-bond donors (Lipinski definition) is 1. The van der Waals surface area contributed by atoms with E-state index in [1.54, 1.807) is 25.1 Å². The lowest BCUT2D eigenvalue weighted by Gasteiger charge is -2.08. The molecule has 0 aliphatic rings. The van der Waals surface area contributed by atoms with E-state index in [0.29, 0.717) is 10.6 Å². The second-order valence-corrected chi connectivity index (χ2v) is 3.70. The number of nitrogens with one attached hydrogen (secondary N) is 1. The average molecular weight is 261 g/mol. The smallest absolute Gasteiger partial charge is 0.163 e. The zero-order valence-electron chi connectivity index (χ0n) is 9.25. The van der Waals surface area contributed by atoms with Crippen LogP contribution >= 0.6 is 11.6 Å². The summed E-state index contributed by atoms with van der Waals surface area (Å²) in [5.41, 5.74) is -0.263. The number of anilines is 1. The monoisotopic (exact) mass is 260 g/mol. The van der Waals surface area contributed by atoms with Crippen LogP contribution in [-0.4, -0.2) is 0 Å². The summed E-state index contributed by atoms with van der Waals surface area (Å²) in [7, 11) is 0. The molecule has 0 radical (unpaired) electrons. The van der Waals surface area contributed by atoms with Crippen molar-refractivity contribution in [3.8, 4) is 18.2 Å². The molecule has 88 valence electrons. The number of halogens is 2. The van der Waals surface area contributed by atoms with Crippen molar-refractivity contribution >= 4 is 17.3 Å². The van der Waals surface area contributed by atoms with Crippen molar-refractivity contribution in [1.29, 1.82) is 15.8 Å². The Labute approximate surface area is 108 Å². The third kappa shape index (κ3) is 2.77. The first kappa shape index (κ1) is 13.5. The molecule has 0 heterocycles. The summed E-state index contributed by atoms with van der Waals surface area (Å²) in [6, 6.07) is 7.20. The molecular formula is C12H6ClFN4. The molecule has 6 heteroatoms. The van der Waals surface area contributed by atoms with Gasteiger partial charge in [0.25, 0.3) is 0 Å². The van der Waals surface area contributed by atoms with Crippen LogP contribution in [0, 0.1) is 46.7 Å². The zero-order valence-corrected chi connectivity index (χ0v) is 10.0. The van der Waals surface area contributed by atoms with Crippen LogP contribution in [0.4, 0.5) is 10.1 Å². The van der Waals surface area contributed by atoms with Crippen molar-refractivity contribution in [2.45, 2.75) is 6.92 Å². The predicted octanol–water partition coefficient (Wildman–Crippen LogP) is 3.02. The van der Waals surface area contributed by atoms with Crippen LogP contribution < -0.4 is 5.32 Å². The van der Waals surface area contributed by atoms with Gasteiger partial charge in [-0.25, -0.2) is 4.39 Å². The van der Waals surface area contributed by atoms with Crippen molar-refractivity contribution in [2.75, 3.05) is 5.32 Å². The van der Waals surface area contributed by atoms with E-state index >= 15 is 0 Å². The van der Waals surface area contributed by atoms with Gasteiger partial charge in [-0.1, -0.05) is 11.6 Å². The van der Waals surface area contributed by atoms with Crippen molar-refractivity contribution < 1.29 is 4.39 Å². The number of rotatable bonds is 2. The van der Waals surface area contributed by atoms with Gasteiger partial charge in [0.2, 0.25) is 0 Å². The topological polar surface area (TPSA) is 83.4 Å². The maximum Gasteiger partial charge on any atom is 0.163 e. The van der Waals surface area contributed by atoms with Crippen LogP contribution in [0.5, 0.6) is 0 Å². The van der Waals surface area contributed by atoms with Gasteiger partial charge < -0.3 is 5.32 Å². The summed E-state index contributed by atoms with van der Waals surface area (Å²) >= 11 is 5.82. The highest BCUT2D eigenvalue weighted by atomic mass is 35.5. The molecule has 0 amide bonds. The number of aryl methyl sites for hydroxylation is 1. The molecule has 18 heavy (non-hydrogen) atoms. The quantitative estimate of drug-likeness (QED) is 0.829. The van der Waals surface area contributed by atoms with Gasteiger partial charge in [-0.15, -0.1) is 0 Å². The SMILES string of the molecule is Cc1cc(F)c(NC(C#N)=C(C#N)C#N)cc1Cl. The van der Waals surface area contributed by atoms with Gasteiger partial charge >= 0.3 is 0 Å². The standard InChI is InChI=1S/C12H6ClFN4/c1-7-2-10(14)11(3-9(7)13)18-12(6-17)8(4-15)5-16/h2-3,18H,1H3. The van der Waals surface area contributed by atoms with Gasteiger partial charge in [0, 0.05) is 5.02 Å². The first-order valence-electron chi connectivity index (χ1n) is 4.70. The average Bonchev–Trinajstić information content (AvgIpc) is 2.35. The first-order chi connectivity index (χ1) is 8.53. The minimum absolute atomic E-state index is 0.0647. The van der Waals surface area contributed by atoms with E-state index in [9.17, 15) is 4.39 Å². The Morgan fingerprint density at radius 3 is 2.33 bits per heavy atom. The Hall–Kier alpha value is -2.55. The van der Waals surface area contributed by atoms with Crippen molar-refractivity contribution in [3.63, 3.8) is 0 Å². The van der Waals surface area contributed by atoms with Crippen molar-refractivity contribution in [3.05, 3.63) is 39.8 Å². The van der Waals surface area contributed by atoms with Gasteiger partial charge in [0.1, 0.15) is 29.7 Å². The normalized spacial score (nSPS) is 8.67. The van der Waals surface area contributed by atoms with Gasteiger partial charge in [-0.2, -0.15) is 15.8 Å². The molecule has 0 atom stereocenters. The van der Waals surface area contributed by atoms with Crippen LogP contribution in [0.3, 0.4) is 0 Å². The molecule has 0 unspecified atom stereocenters. The number of nitrogens with zero attached hydrogens (tertiary/aromatic N) is 3. The van der Waals surface area contributed by atoms with Crippen molar-refractivity contribution in [1.82, 2.24) is 0 Å². The summed E-state index contributed by atoms with van der Waals surface area (Å²) in [5.74, 6) is -0.625. The molecule has 1 aromatic rings. The van der Waals surface area contributed by atoms with E-state index in [0.717, 1.165) is 0 Å². The minimum Gasteiger partial charge on any atom is -0.343 e. The molecule has 0 aliphatic carbocycles. The van der Waals surface area contributed by atoms with Crippen LogP contribution in [-0.2, 0) is 0 Å².